The summed E-state index contributed by atoms with van der Waals surface area (Å²) >= 11 is 0. The summed E-state index contributed by atoms with van der Waals surface area (Å²) in [5, 5.41) is 16.0. The lowest BCUT2D eigenvalue weighted by molar-refractivity contribution is -0.137. The molecule has 1 atom stereocenters. The van der Waals surface area contributed by atoms with Crippen molar-refractivity contribution < 1.29 is 32.6 Å². The van der Waals surface area contributed by atoms with E-state index in [9.17, 15) is 32.7 Å². The Bertz CT molecular complexity index is 1350. The van der Waals surface area contributed by atoms with Gasteiger partial charge in [0.2, 0.25) is 5.91 Å². The van der Waals surface area contributed by atoms with E-state index in [0.29, 0.717) is 32.0 Å². The summed E-state index contributed by atoms with van der Waals surface area (Å²) in [5.41, 5.74) is -1.80. The van der Waals surface area contributed by atoms with Gasteiger partial charge in [0.15, 0.2) is 5.69 Å². The third-order valence-corrected chi connectivity index (χ3v) is 5.71. The maximum Gasteiger partial charge on any atom is 0.416 e. The largest absolute Gasteiger partial charge is 0.476 e. The normalized spacial score (nSPS) is 15.1. The van der Waals surface area contributed by atoms with Crippen molar-refractivity contribution in [1.82, 2.24) is 9.78 Å². The van der Waals surface area contributed by atoms with Crippen molar-refractivity contribution in [2.45, 2.75) is 19.1 Å². The van der Waals surface area contributed by atoms with Crippen LogP contribution in [-0.4, -0.2) is 53.1 Å². The van der Waals surface area contributed by atoms with E-state index in [1.54, 1.807) is 17.0 Å². The van der Waals surface area contributed by atoms with Crippen molar-refractivity contribution in [3.8, 4) is 0 Å². The topological polar surface area (TPSA) is 114 Å². The minimum atomic E-state index is -4.64. The van der Waals surface area contributed by atoms with Crippen LogP contribution in [0.5, 0.6) is 0 Å². The molecule has 0 aliphatic carbocycles. The van der Waals surface area contributed by atoms with Crippen molar-refractivity contribution in [2.24, 2.45) is 0 Å². The highest BCUT2D eigenvalue weighted by molar-refractivity contribution is 6.01. The van der Waals surface area contributed by atoms with Crippen LogP contribution in [0.2, 0.25) is 0 Å². The fraction of sp³-hybridized carbons (Fsp3) is 0.304. The van der Waals surface area contributed by atoms with E-state index in [2.05, 4.69) is 10.4 Å². The minimum absolute atomic E-state index is 0.0487. The number of carboxylic acid groups (broad SMARTS) is 1. The van der Waals surface area contributed by atoms with Crippen LogP contribution in [-0.2, 0) is 15.7 Å². The average molecular weight is 490 g/mol. The van der Waals surface area contributed by atoms with Crippen LogP contribution in [0.4, 0.5) is 24.5 Å². The molecule has 1 fully saturated rings. The minimum Gasteiger partial charge on any atom is -0.476 e. The van der Waals surface area contributed by atoms with E-state index in [1.165, 1.54) is 25.1 Å². The number of amides is 1. The summed E-state index contributed by atoms with van der Waals surface area (Å²) in [6, 6.07) is 7.65. The summed E-state index contributed by atoms with van der Waals surface area (Å²) in [6.45, 7) is 2.89. The number of morpholine rings is 1. The molecular weight excluding hydrogens is 469 g/mol. The molecule has 4 rings (SSSR count). The molecule has 184 valence electrons. The van der Waals surface area contributed by atoms with Gasteiger partial charge in [0.05, 0.1) is 35.5 Å². The van der Waals surface area contributed by atoms with E-state index in [-0.39, 0.29) is 16.5 Å². The molecule has 9 nitrogen and oxygen atoms in total. The van der Waals surface area contributed by atoms with Crippen LogP contribution in [0, 0.1) is 0 Å². The number of hydrogen-bond donors (Lipinski definition) is 2. The van der Waals surface area contributed by atoms with Gasteiger partial charge in [-0.2, -0.15) is 18.3 Å². The van der Waals surface area contributed by atoms with Crippen LogP contribution in [0.25, 0.3) is 10.8 Å². The van der Waals surface area contributed by atoms with Gasteiger partial charge in [-0.15, -0.1) is 0 Å². The molecule has 1 aliphatic heterocycles. The third-order valence-electron chi connectivity index (χ3n) is 5.71. The number of carbonyl (C=O) groups is 2. The van der Waals surface area contributed by atoms with Gasteiger partial charge in [0.1, 0.15) is 6.04 Å². The Morgan fingerprint density at radius 2 is 1.77 bits per heavy atom. The first-order valence-electron chi connectivity index (χ1n) is 10.7. The first-order valence-corrected chi connectivity index (χ1v) is 10.7. The number of rotatable bonds is 5. The van der Waals surface area contributed by atoms with Crippen LogP contribution < -0.4 is 15.8 Å². The number of aromatic carboxylic acids is 1. The van der Waals surface area contributed by atoms with E-state index in [1.807, 2.05) is 0 Å². The second kappa shape index (κ2) is 9.37. The molecule has 2 heterocycles. The molecule has 35 heavy (non-hydrogen) atoms. The second-order valence-electron chi connectivity index (χ2n) is 7.94. The Kier molecular flexibility index (Phi) is 6.48. The van der Waals surface area contributed by atoms with Gasteiger partial charge in [-0.3, -0.25) is 9.59 Å². The Hall–Kier alpha value is -3.93. The molecule has 3 aromatic rings. The Labute approximate surface area is 196 Å². The lowest BCUT2D eigenvalue weighted by Gasteiger charge is -2.31. The SMILES string of the molecule is C[C@@H](C(=O)Nc1cc(C(F)(F)F)ccc1N1CCOCC1)n1nc(C(=O)O)c2ccccc2c1=O. The van der Waals surface area contributed by atoms with Crippen molar-refractivity contribution in [3.05, 3.63) is 64.1 Å². The average Bonchev–Trinajstić information content (AvgIpc) is 2.83. The first-order chi connectivity index (χ1) is 16.6. The number of fused-ring (bicyclic) bond motifs is 1. The fourth-order valence-corrected chi connectivity index (χ4v) is 3.87. The summed E-state index contributed by atoms with van der Waals surface area (Å²) in [7, 11) is 0. The van der Waals surface area contributed by atoms with Crippen molar-refractivity contribution >= 4 is 34.0 Å². The molecule has 0 bridgehead atoms. The number of hydrogen-bond acceptors (Lipinski definition) is 6. The van der Waals surface area contributed by atoms with Crippen molar-refractivity contribution in [2.75, 3.05) is 36.5 Å². The Morgan fingerprint density at radius 3 is 2.40 bits per heavy atom. The van der Waals surface area contributed by atoms with Gasteiger partial charge in [-0.1, -0.05) is 18.2 Å². The molecule has 2 aromatic carbocycles. The number of ether oxygens (including phenoxy) is 1. The van der Waals surface area contributed by atoms with Crippen LogP contribution in [0.3, 0.4) is 0 Å². The van der Waals surface area contributed by atoms with E-state index >= 15 is 0 Å². The highest BCUT2D eigenvalue weighted by Crippen LogP contribution is 2.36. The fourth-order valence-electron chi connectivity index (χ4n) is 3.87. The Balaban J connectivity index is 1.73. The quantitative estimate of drug-likeness (QED) is 0.565. The van der Waals surface area contributed by atoms with E-state index < -0.39 is 40.9 Å². The monoisotopic (exact) mass is 490 g/mol. The summed E-state index contributed by atoms with van der Waals surface area (Å²) in [4.78, 5) is 39.6. The van der Waals surface area contributed by atoms with Gasteiger partial charge in [-0.25, -0.2) is 9.48 Å². The van der Waals surface area contributed by atoms with Crippen molar-refractivity contribution in [1.29, 1.82) is 0 Å². The number of halogens is 3. The maximum atomic E-state index is 13.4. The molecule has 1 saturated heterocycles. The highest BCUT2D eigenvalue weighted by atomic mass is 19.4. The van der Waals surface area contributed by atoms with Gasteiger partial charge in [-0.05, 0) is 31.2 Å². The maximum absolute atomic E-state index is 13.4. The van der Waals surface area contributed by atoms with Gasteiger partial charge in [0.25, 0.3) is 5.56 Å². The number of anilines is 2. The van der Waals surface area contributed by atoms with Crippen molar-refractivity contribution in [3.63, 3.8) is 0 Å². The van der Waals surface area contributed by atoms with E-state index in [4.69, 9.17) is 4.74 Å². The number of nitrogens with zero attached hydrogens (tertiary/aromatic N) is 3. The van der Waals surface area contributed by atoms with Gasteiger partial charge in [0, 0.05) is 18.5 Å². The third kappa shape index (κ3) is 4.83. The highest BCUT2D eigenvalue weighted by Gasteiger charge is 2.32. The van der Waals surface area contributed by atoms with Crippen LogP contribution in [0.15, 0.2) is 47.3 Å². The molecule has 0 radical (unpaired) electrons. The van der Waals surface area contributed by atoms with Crippen LogP contribution in [0.1, 0.15) is 29.0 Å². The molecule has 2 N–H and O–H groups in total. The predicted octanol–water partition coefficient (Wildman–Crippen LogP) is 3.15. The zero-order valence-corrected chi connectivity index (χ0v) is 18.5. The van der Waals surface area contributed by atoms with Gasteiger partial charge < -0.3 is 20.1 Å². The number of nitrogens with one attached hydrogen (secondary N) is 1. The van der Waals surface area contributed by atoms with Crippen LogP contribution >= 0.6 is 0 Å². The molecule has 1 aromatic heterocycles. The van der Waals surface area contributed by atoms with Gasteiger partial charge >= 0.3 is 12.1 Å². The molecular formula is C23H21F3N4O5. The second-order valence-corrected chi connectivity index (χ2v) is 7.94. The smallest absolute Gasteiger partial charge is 0.416 e. The Morgan fingerprint density at radius 1 is 1.11 bits per heavy atom. The number of alkyl halides is 3. The molecule has 1 amide bonds. The first kappa shape index (κ1) is 24.2. The van der Waals surface area contributed by atoms with E-state index in [0.717, 1.165) is 16.8 Å². The molecule has 0 saturated carbocycles. The number of aromatic nitrogens is 2. The summed E-state index contributed by atoms with van der Waals surface area (Å²) < 4.78 is 46.1. The lowest BCUT2D eigenvalue weighted by Crippen LogP contribution is -2.38. The molecule has 0 unspecified atom stereocenters. The number of carbonyl (C=O) groups excluding carboxylic acids is 1. The standard InChI is InChI=1S/C23H21F3N4O5/c1-13(30-21(32)16-5-3-2-4-15(16)19(28-30)22(33)34)20(31)27-17-12-14(23(24,25)26)6-7-18(17)29-8-10-35-11-9-29/h2-7,12-13H,8-11H2,1H3,(H,27,31)(H,33,34)/t13-/m0/s1. The predicted molar refractivity (Wildman–Crippen MR) is 121 cm³/mol. The molecule has 12 heteroatoms. The zero-order chi connectivity index (χ0) is 25.3. The number of benzene rings is 2. The summed E-state index contributed by atoms with van der Waals surface area (Å²) in [5.74, 6) is -2.23. The lowest BCUT2D eigenvalue weighted by atomic mass is 10.1. The molecule has 0 spiro atoms. The zero-order valence-electron chi connectivity index (χ0n) is 18.5. The molecule has 1 aliphatic rings. The summed E-state index contributed by atoms with van der Waals surface area (Å²) in [6.07, 6.45) is -4.64. The number of carboxylic acids is 1.